The van der Waals surface area contributed by atoms with Gasteiger partial charge in [0.05, 0.1) is 24.3 Å². The Hall–Kier alpha value is -2.24. The summed E-state index contributed by atoms with van der Waals surface area (Å²) in [6.45, 7) is 4.97. The molecule has 1 heterocycles. The van der Waals surface area contributed by atoms with E-state index in [4.69, 9.17) is 5.73 Å². The monoisotopic (exact) mass is 290 g/mol. The molecule has 0 aliphatic carbocycles. The van der Waals surface area contributed by atoms with Crippen molar-refractivity contribution in [2.24, 2.45) is 5.92 Å². The van der Waals surface area contributed by atoms with Gasteiger partial charge >= 0.3 is 0 Å². The van der Waals surface area contributed by atoms with Crippen molar-refractivity contribution in [2.75, 3.05) is 36.1 Å². The highest BCUT2D eigenvalue weighted by Gasteiger charge is 2.21. The highest BCUT2D eigenvalue weighted by Crippen LogP contribution is 2.33. The van der Waals surface area contributed by atoms with Crippen LogP contribution in [-0.4, -0.2) is 32.0 Å². The van der Waals surface area contributed by atoms with Crippen molar-refractivity contribution in [1.82, 2.24) is 5.32 Å². The molecular weight excluding hydrogens is 268 g/mol. The zero-order valence-electron chi connectivity index (χ0n) is 12.7. The number of benzene rings is 1. The molecule has 0 radical (unpaired) electrons. The van der Waals surface area contributed by atoms with E-state index in [1.54, 1.807) is 11.0 Å². The molecule has 1 aliphatic rings. The third-order valence-corrected chi connectivity index (χ3v) is 3.38. The maximum Gasteiger partial charge on any atom is 0.239 e. The Morgan fingerprint density at radius 2 is 2.19 bits per heavy atom. The standard InChI is InChI=1S/C15H22N4O2/c1-9(2)7-17-15(21)8-19(3)13-6-12-10(4-11(13)16)5-14(20)18-12/h4,6,9H,5,7-8,16H2,1-3H3,(H,17,21)(H,18,20). The Morgan fingerprint density at radius 1 is 1.48 bits per heavy atom. The molecular formula is C15H22N4O2. The molecule has 0 atom stereocenters. The number of amides is 2. The lowest BCUT2D eigenvalue weighted by molar-refractivity contribution is -0.120. The van der Waals surface area contributed by atoms with Crippen LogP contribution in [0, 0.1) is 5.92 Å². The first-order chi connectivity index (χ1) is 9.86. The Kier molecular flexibility index (Phi) is 4.35. The lowest BCUT2D eigenvalue weighted by atomic mass is 10.1. The molecule has 6 heteroatoms. The summed E-state index contributed by atoms with van der Waals surface area (Å²) in [7, 11) is 1.81. The highest BCUT2D eigenvalue weighted by molar-refractivity contribution is 6.01. The van der Waals surface area contributed by atoms with Gasteiger partial charge in [-0.3, -0.25) is 9.59 Å². The van der Waals surface area contributed by atoms with Gasteiger partial charge in [-0.1, -0.05) is 13.8 Å². The number of carbonyl (C=O) groups is 2. The number of anilines is 3. The summed E-state index contributed by atoms with van der Waals surface area (Å²) in [6.07, 6.45) is 0.360. The molecule has 0 aromatic heterocycles. The van der Waals surface area contributed by atoms with E-state index in [1.165, 1.54) is 0 Å². The van der Waals surface area contributed by atoms with Gasteiger partial charge in [0.25, 0.3) is 0 Å². The summed E-state index contributed by atoms with van der Waals surface area (Å²) in [5.41, 5.74) is 9.02. The Morgan fingerprint density at radius 3 is 2.86 bits per heavy atom. The number of fused-ring (bicyclic) bond motifs is 1. The van der Waals surface area contributed by atoms with E-state index < -0.39 is 0 Å². The van der Waals surface area contributed by atoms with Gasteiger partial charge in [-0.2, -0.15) is 0 Å². The van der Waals surface area contributed by atoms with Crippen LogP contribution in [0.4, 0.5) is 17.1 Å². The van der Waals surface area contributed by atoms with Crippen LogP contribution in [0.5, 0.6) is 0 Å². The quantitative estimate of drug-likeness (QED) is 0.705. The fraction of sp³-hybridized carbons (Fsp3) is 0.467. The first-order valence-electron chi connectivity index (χ1n) is 7.07. The van der Waals surface area contributed by atoms with E-state index in [-0.39, 0.29) is 18.4 Å². The van der Waals surface area contributed by atoms with Crippen LogP contribution in [0.2, 0.25) is 0 Å². The number of likely N-dealkylation sites (N-methyl/N-ethyl adjacent to an activating group) is 1. The molecule has 21 heavy (non-hydrogen) atoms. The zero-order chi connectivity index (χ0) is 15.6. The average Bonchev–Trinajstić information content (AvgIpc) is 2.74. The SMILES string of the molecule is CC(C)CNC(=O)CN(C)c1cc2c(cc1N)CC(=O)N2. The molecule has 2 amide bonds. The van der Waals surface area contributed by atoms with Gasteiger partial charge in [0.2, 0.25) is 11.8 Å². The van der Waals surface area contributed by atoms with Crippen LogP contribution in [-0.2, 0) is 16.0 Å². The molecule has 2 rings (SSSR count). The predicted octanol–water partition coefficient (Wildman–Crippen LogP) is 0.972. The number of nitrogen functional groups attached to an aromatic ring is 1. The van der Waals surface area contributed by atoms with Gasteiger partial charge in [-0.05, 0) is 23.6 Å². The smallest absolute Gasteiger partial charge is 0.239 e. The minimum Gasteiger partial charge on any atom is -0.397 e. The fourth-order valence-electron chi connectivity index (χ4n) is 2.29. The van der Waals surface area contributed by atoms with Crippen molar-refractivity contribution in [1.29, 1.82) is 0 Å². The van der Waals surface area contributed by atoms with Gasteiger partial charge in [0.1, 0.15) is 0 Å². The third-order valence-electron chi connectivity index (χ3n) is 3.38. The van der Waals surface area contributed by atoms with Gasteiger partial charge in [0.15, 0.2) is 0 Å². The summed E-state index contributed by atoms with van der Waals surface area (Å²) < 4.78 is 0. The van der Waals surface area contributed by atoms with Crippen LogP contribution < -0.4 is 21.3 Å². The highest BCUT2D eigenvalue weighted by atomic mass is 16.2. The van der Waals surface area contributed by atoms with Gasteiger partial charge < -0.3 is 21.3 Å². The Labute approximate surface area is 124 Å². The first kappa shape index (κ1) is 15.2. The van der Waals surface area contributed by atoms with Crippen molar-refractivity contribution in [3.63, 3.8) is 0 Å². The summed E-state index contributed by atoms with van der Waals surface area (Å²) in [5.74, 6) is 0.341. The predicted molar refractivity (Wildman–Crippen MR) is 84.3 cm³/mol. The van der Waals surface area contributed by atoms with Crippen molar-refractivity contribution >= 4 is 28.9 Å². The zero-order valence-corrected chi connectivity index (χ0v) is 12.7. The van der Waals surface area contributed by atoms with Crippen LogP contribution in [0.3, 0.4) is 0 Å². The van der Waals surface area contributed by atoms with Crippen molar-refractivity contribution in [2.45, 2.75) is 20.3 Å². The summed E-state index contributed by atoms with van der Waals surface area (Å²) >= 11 is 0. The van der Waals surface area contributed by atoms with E-state index in [9.17, 15) is 9.59 Å². The maximum absolute atomic E-state index is 11.9. The molecule has 6 nitrogen and oxygen atoms in total. The summed E-state index contributed by atoms with van der Waals surface area (Å²) in [6, 6.07) is 3.62. The molecule has 1 aliphatic heterocycles. The van der Waals surface area contributed by atoms with E-state index in [1.807, 2.05) is 27.0 Å². The van der Waals surface area contributed by atoms with Crippen LogP contribution in [0.15, 0.2) is 12.1 Å². The van der Waals surface area contributed by atoms with Gasteiger partial charge in [-0.25, -0.2) is 0 Å². The second kappa shape index (κ2) is 6.03. The number of hydrogen-bond donors (Lipinski definition) is 3. The molecule has 0 fully saturated rings. The third kappa shape index (κ3) is 3.65. The molecule has 4 N–H and O–H groups in total. The topological polar surface area (TPSA) is 87.5 Å². The van der Waals surface area contributed by atoms with Gasteiger partial charge in [0, 0.05) is 19.3 Å². The van der Waals surface area contributed by atoms with E-state index >= 15 is 0 Å². The molecule has 1 aromatic rings. The summed E-state index contributed by atoms with van der Waals surface area (Å²) in [5, 5.41) is 5.66. The number of nitrogens with zero attached hydrogens (tertiary/aromatic N) is 1. The van der Waals surface area contributed by atoms with Gasteiger partial charge in [-0.15, -0.1) is 0 Å². The molecule has 0 saturated carbocycles. The van der Waals surface area contributed by atoms with Crippen LogP contribution in [0.25, 0.3) is 0 Å². The molecule has 0 spiro atoms. The molecule has 0 saturated heterocycles. The minimum atomic E-state index is -0.0462. The van der Waals surface area contributed by atoms with Crippen molar-refractivity contribution in [3.05, 3.63) is 17.7 Å². The molecule has 0 unspecified atom stereocenters. The lowest BCUT2D eigenvalue weighted by Gasteiger charge is -2.21. The molecule has 0 bridgehead atoms. The lowest BCUT2D eigenvalue weighted by Crippen LogP contribution is -2.37. The van der Waals surface area contributed by atoms with Crippen molar-refractivity contribution in [3.8, 4) is 0 Å². The minimum absolute atomic E-state index is 0.0288. The van der Waals surface area contributed by atoms with Crippen LogP contribution in [0.1, 0.15) is 19.4 Å². The molecule has 114 valence electrons. The number of hydrogen-bond acceptors (Lipinski definition) is 4. The number of nitrogens with two attached hydrogens (primary N) is 1. The number of carbonyl (C=O) groups excluding carboxylic acids is 2. The largest absolute Gasteiger partial charge is 0.397 e. The average molecular weight is 290 g/mol. The second-order valence-corrected chi connectivity index (χ2v) is 5.85. The summed E-state index contributed by atoms with van der Waals surface area (Å²) in [4.78, 5) is 25.0. The van der Waals surface area contributed by atoms with Crippen LogP contribution >= 0.6 is 0 Å². The second-order valence-electron chi connectivity index (χ2n) is 5.85. The van der Waals surface area contributed by atoms with Crippen molar-refractivity contribution < 1.29 is 9.59 Å². The van der Waals surface area contributed by atoms with E-state index in [2.05, 4.69) is 10.6 Å². The first-order valence-corrected chi connectivity index (χ1v) is 7.07. The Balaban J connectivity index is 2.06. The Bertz CT molecular complexity index is 569. The maximum atomic E-state index is 11.9. The number of rotatable bonds is 5. The fourth-order valence-corrected chi connectivity index (χ4v) is 2.29. The molecule has 1 aromatic carbocycles. The van der Waals surface area contributed by atoms with E-state index in [0.717, 1.165) is 16.9 Å². The normalized spacial score (nSPS) is 13.0. The number of nitrogens with one attached hydrogen (secondary N) is 2. The van der Waals surface area contributed by atoms with E-state index in [0.29, 0.717) is 24.6 Å².